The van der Waals surface area contributed by atoms with Crippen molar-refractivity contribution >= 4 is 17.2 Å². The van der Waals surface area contributed by atoms with Gasteiger partial charge in [-0.25, -0.2) is 4.68 Å². The van der Waals surface area contributed by atoms with E-state index in [4.69, 9.17) is 5.11 Å². The van der Waals surface area contributed by atoms with Gasteiger partial charge in [-0.05, 0) is 17.4 Å². The highest BCUT2D eigenvalue weighted by atomic mass is 32.1. The number of aliphatic hydroxyl groups is 1. The highest BCUT2D eigenvalue weighted by molar-refractivity contribution is 7.13. The fourth-order valence-electron chi connectivity index (χ4n) is 1.68. The average molecular weight is 265 g/mol. The number of aliphatic hydroxyl groups excluding tert-OH is 1. The van der Waals surface area contributed by atoms with Crippen LogP contribution in [0.3, 0.4) is 0 Å². The predicted molar refractivity (Wildman–Crippen MR) is 76.0 cm³/mol. The van der Waals surface area contributed by atoms with E-state index in [-0.39, 0.29) is 6.61 Å². The van der Waals surface area contributed by atoms with Crippen LogP contribution >= 0.6 is 11.3 Å². The van der Waals surface area contributed by atoms with E-state index in [1.54, 1.807) is 11.3 Å². The Bertz CT molecular complexity index is 476. The molecule has 2 rings (SSSR count). The molecule has 0 aliphatic carbocycles. The topological polar surface area (TPSA) is 50.1 Å². The second-order valence-electron chi connectivity index (χ2n) is 4.61. The largest absolute Gasteiger partial charge is 0.394 e. The third-order valence-electron chi connectivity index (χ3n) is 2.56. The molecule has 0 amide bonds. The molecule has 18 heavy (non-hydrogen) atoms. The molecule has 0 saturated heterocycles. The van der Waals surface area contributed by atoms with Gasteiger partial charge in [-0.15, -0.1) is 11.3 Å². The Morgan fingerprint density at radius 3 is 2.94 bits per heavy atom. The van der Waals surface area contributed by atoms with Crippen LogP contribution in [0.2, 0.25) is 0 Å². The van der Waals surface area contributed by atoms with Crippen molar-refractivity contribution in [3.05, 3.63) is 23.6 Å². The molecule has 2 aromatic rings. The van der Waals surface area contributed by atoms with Crippen LogP contribution in [0.5, 0.6) is 0 Å². The van der Waals surface area contributed by atoms with Crippen LogP contribution in [0, 0.1) is 5.92 Å². The second-order valence-corrected chi connectivity index (χ2v) is 5.56. The zero-order chi connectivity index (χ0) is 13.0. The number of hydrogen-bond donors (Lipinski definition) is 2. The quantitative estimate of drug-likeness (QED) is 0.844. The zero-order valence-electron chi connectivity index (χ0n) is 10.8. The Balaban J connectivity index is 2.21. The molecule has 0 unspecified atom stereocenters. The van der Waals surface area contributed by atoms with Gasteiger partial charge >= 0.3 is 0 Å². The van der Waals surface area contributed by atoms with Crippen LogP contribution in [-0.2, 0) is 6.54 Å². The Morgan fingerprint density at radius 1 is 1.50 bits per heavy atom. The lowest BCUT2D eigenvalue weighted by molar-refractivity contribution is 0.270. The van der Waals surface area contributed by atoms with E-state index < -0.39 is 0 Å². The minimum absolute atomic E-state index is 0.0991. The lowest BCUT2D eigenvalue weighted by Gasteiger charge is -2.10. The number of hydrogen-bond acceptors (Lipinski definition) is 4. The highest BCUT2D eigenvalue weighted by Gasteiger charge is 2.10. The molecule has 2 heterocycles. The van der Waals surface area contributed by atoms with E-state index in [1.165, 1.54) is 0 Å². The molecule has 0 aliphatic rings. The van der Waals surface area contributed by atoms with Crippen molar-refractivity contribution in [3.8, 4) is 10.6 Å². The number of nitrogens with one attached hydrogen (secondary N) is 1. The van der Waals surface area contributed by atoms with Crippen molar-refractivity contribution in [2.24, 2.45) is 5.92 Å². The maximum absolute atomic E-state index is 9.08. The second kappa shape index (κ2) is 6.02. The predicted octanol–water partition coefficient (Wildman–Crippen LogP) is 2.67. The van der Waals surface area contributed by atoms with Crippen LogP contribution in [0.4, 0.5) is 5.82 Å². The summed E-state index contributed by atoms with van der Waals surface area (Å²) in [4.78, 5) is 1.15. The SMILES string of the molecule is CC(C)CNc1cc(-c2cccs2)nn1CCO. The molecule has 0 radical (unpaired) electrons. The molecule has 2 N–H and O–H groups in total. The summed E-state index contributed by atoms with van der Waals surface area (Å²) in [6.07, 6.45) is 0. The van der Waals surface area contributed by atoms with Crippen LogP contribution in [0.25, 0.3) is 10.6 Å². The van der Waals surface area contributed by atoms with Gasteiger partial charge in [0.1, 0.15) is 11.5 Å². The number of anilines is 1. The third-order valence-corrected chi connectivity index (χ3v) is 3.45. The lowest BCUT2D eigenvalue weighted by Crippen LogP contribution is -2.13. The van der Waals surface area contributed by atoms with Gasteiger partial charge in [0, 0.05) is 12.6 Å². The molecule has 0 aromatic carbocycles. The smallest absolute Gasteiger partial charge is 0.125 e. The first-order valence-electron chi connectivity index (χ1n) is 6.17. The first kappa shape index (κ1) is 13.1. The standard InChI is InChI=1S/C13H19N3OS/c1-10(2)9-14-13-8-11(12-4-3-7-18-12)15-16(13)5-6-17/h3-4,7-8,10,14,17H,5-6,9H2,1-2H3. The molecule has 0 atom stereocenters. The maximum atomic E-state index is 9.08. The van der Waals surface area contributed by atoms with E-state index >= 15 is 0 Å². The molecule has 2 aromatic heterocycles. The van der Waals surface area contributed by atoms with E-state index in [2.05, 4.69) is 30.3 Å². The summed E-state index contributed by atoms with van der Waals surface area (Å²) in [7, 11) is 0. The molecular weight excluding hydrogens is 246 g/mol. The van der Waals surface area contributed by atoms with Gasteiger partial charge in [0.2, 0.25) is 0 Å². The van der Waals surface area contributed by atoms with Crippen LogP contribution in [0.15, 0.2) is 23.6 Å². The van der Waals surface area contributed by atoms with Gasteiger partial charge < -0.3 is 10.4 Å². The molecule has 0 fully saturated rings. The Kier molecular flexibility index (Phi) is 4.38. The minimum Gasteiger partial charge on any atom is -0.394 e. The molecule has 0 saturated carbocycles. The Hall–Kier alpha value is -1.33. The fourth-order valence-corrected chi connectivity index (χ4v) is 2.36. The summed E-state index contributed by atoms with van der Waals surface area (Å²) in [5, 5.41) is 19.0. The molecule has 0 spiro atoms. The highest BCUT2D eigenvalue weighted by Crippen LogP contribution is 2.26. The van der Waals surface area contributed by atoms with E-state index in [1.807, 2.05) is 22.2 Å². The molecular formula is C13H19N3OS. The minimum atomic E-state index is 0.0991. The van der Waals surface area contributed by atoms with E-state index in [0.717, 1.165) is 22.9 Å². The summed E-state index contributed by atoms with van der Waals surface area (Å²) in [5.74, 6) is 1.55. The fraction of sp³-hybridized carbons (Fsp3) is 0.462. The summed E-state index contributed by atoms with van der Waals surface area (Å²) < 4.78 is 1.83. The van der Waals surface area contributed by atoms with Crippen molar-refractivity contribution in [1.82, 2.24) is 9.78 Å². The molecule has 4 nitrogen and oxygen atoms in total. The number of aromatic nitrogens is 2. The van der Waals surface area contributed by atoms with Crippen LogP contribution < -0.4 is 5.32 Å². The van der Waals surface area contributed by atoms with E-state index in [0.29, 0.717) is 12.5 Å². The molecule has 5 heteroatoms. The summed E-state index contributed by atoms with van der Waals surface area (Å²) in [6.45, 7) is 5.86. The van der Waals surface area contributed by atoms with Gasteiger partial charge in [0.25, 0.3) is 0 Å². The number of thiophene rings is 1. The van der Waals surface area contributed by atoms with E-state index in [9.17, 15) is 0 Å². The zero-order valence-corrected chi connectivity index (χ0v) is 11.6. The van der Waals surface area contributed by atoms with Crippen molar-refractivity contribution in [2.75, 3.05) is 18.5 Å². The normalized spacial score (nSPS) is 11.1. The van der Waals surface area contributed by atoms with Gasteiger partial charge in [0.05, 0.1) is 18.0 Å². The molecule has 98 valence electrons. The number of rotatable bonds is 6. The van der Waals surface area contributed by atoms with Crippen molar-refractivity contribution in [1.29, 1.82) is 0 Å². The van der Waals surface area contributed by atoms with Crippen LogP contribution in [-0.4, -0.2) is 28.0 Å². The Labute approximate surface area is 111 Å². The summed E-state index contributed by atoms with van der Waals surface area (Å²) in [5.41, 5.74) is 0.963. The lowest BCUT2D eigenvalue weighted by atomic mass is 10.2. The van der Waals surface area contributed by atoms with Crippen molar-refractivity contribution in [2.45, 2.75) is 20.4 Å². The first-order valence-corrected chi connectivity index (χ1v) is 7.05. The summed E-state index contributed by atoms with van der Waals surface area (Å²) >= 11 is 1.67. The Morgan fingerprint density at radius 2 is 2.33 bits per heavy atom. The van der Waals surface area contributed by atoms with Gasteiger partial charge in [-0.2, -0.15) is 5.10 Å². The van der Waals surface area contributed by atoms with Gasteiger partial charge in [-0.1, -0.05) is 19.9 Å². The maximum Gasteiger partial charge on any atom is 0.125 e. The molecule has 0 aliphatic heterocycles. The van der Waals surface area contributed by atoms with Crippen molar-refractivity contribution < 1.29 is 5.11 Å². The third kappa shape index (κ3) is 3.11. The van der Waals surface area contributed by atoms with Gasteiger partial charge in [0.15, 0.2) is 0 Å². The number of nitrogens with zero attached hydrogens (tertiary/aromatic N) is 2. The average Bonchev–Trinajstić information content (AvgIpc) is 2.95. The monoisotopic (exact) mass is 265 g/mol. The molecule has 0 bridgehead atoms. The van der Waals surface area contributed by atoms with Crippen molar-refractivity contribution in [3.63, 3.8) is 0 Å². The first-order chi connectivity index (χ1) is 8.70. The van der Waals surface area contributed by atoms with Gasteiger partial charge in [-0.3, -0.25) is 0 Å². The summed E-state index contributed by atoms with van der Waals surface area (Å²) in [6, 6.07) is 6.12. The van der Waals surface area contributed by atoms with Crippen LogP contribution in [0.1, 0.15) is 13.8 Å².